The van der Waals surface area contributed by atoms with Gasteiger partial charge in [-0.2, -0.15) is 4.31 Å². The van der Waals surface area contributed by atoms with Crippen molar-refractivity contribution < 1.29 is 17.9 Å². The molecule has 4 rings (SSSR count). The number of hydrogen-bond acceptors (Lipinski definition) is 6. The third-order valence-electron chi connectivity index (χ3n) is 6.37. The first-order chi connectivity index (χ1) is 15.5. The van der Waals surface area contributed by atoms with Gasteiger partial charge in [0.15, 0.2) is 0 Å². The lowest BCUT2D eigenvalue weighted by Crippen LogP contribution is -2.46. The molecule has 1 aromatic heterocycles. The van der Waals surface area contributed by atoms with Gasteiger partial charge in [-0.15, -0.1) is 11.3 Å². The average Bonchev–Trinajstić information content (AvgIpc) is 3.54. The predicted molar refractivity (Wildman–Crippen MR) is 125 cm³/mol. The fourth-order valence-electron chi connectivity index (χ4n) is 4.61. The Morgan fingerprint density at radius 3 is 2.72 bits per heavy atom. The number of hydrogen-bond donors (Lipinski definition) is 1. The first kappa shape index (κ1) is 23.2. The SMILES string of the molecule is COc1cccc(C(CNC(=O)C2CCCN(S(=O)(=O)c3cccs3)C2)N2CCCC2)c1. The molecule has 1 N–H and O–H groups in total. The highest BCUT2D eigenvalue weighted by Crippen LogP contribution is 2.29. The molecule has 2 atom stereocenters. The summed E-state index contributed by atoms with van der Waals surface area (Å²) in [7, 11) is -1.87. The van der Waals surface area contributed by atoms with Gasteiger partial charge in [-0.1, -0.05) is 18.2 Å². The van der Waals surface area contributed by atoms with Gasteiger partial charge in [0, 0.05) is 19.6 Å². The molecular weight excluding hydrogens is 446 g/mol. The van der Waals surface area contributed by atoms with Crippen LogP contribution in [0.25, 0.3) is 0 Å². The van der Waals surface area contributed by atoms with Gasteiger partial charge < -0.3 is 10.1 Å². The van der Waals surface area contributed by atoms with Crippen LogP contribution in [0.5, 0.6) is 5.75 Å². The second-order valence-electron chi connectivity index (χ2n) is 8.41. The fraction of sp³-hybridized carbons (Fsp3) is 0.522. The van der Waals surface area contributed by atoms with Gasteiger partial charge in [-0.05, 0) is 67.9 Å². The number of carbonyl (C=O) groups excluding carboxylic acids is 1. The van der Waals surface area contributed by atoms with Gasteiger partial charge in [0.05, 0.1) is 19.1 Å². The maximum atomic E-state index is 13.1. The van der Waals surface area contributed by atoms with E-state index in [1.54, 1.807) is 24.6 Å². The standard InChI is InChI=1S/C23H31N3O4S2/c1-30-20-9-4-7-18(15-20)21(25-11-2-3-12-25)16-24-23(27)19-8-5-13-26(17-19)32(28,29)22-10-6-14-31-22/h4,6-7,9-10,14-15,19,21H,2-3,5,8,11-13,16-17H2,1H3,(H,24,27). The molecule has 2 fully saturated rings. The van der Waals surface area contributed by atoms with Crippen LogP contribution in [0.2, 0.25) is 0 Å². The van der Waals surface area contributed by atoms with Crippen molar-refractivity contribution in [3.63, 3.8) is 0 Å². The van der Waals surface area contributed by atoms with Crippen LogP contribution in [0.3, 0.4) is 0 Å². The van der Waals surface area contributed by atoms with E-state index in [1.807, 2.05) is 18.2 Å². The van der Waals surface area contributed by atoms with Gasteiger partial charge in [0.25, 0.3) is 10.0 Å². The second kappa shape index (κ2) is 10.3. The minimum atomic E-state index is -3.53. The summed E-state index contributed by atoms with van der Waals surface area (Å²) in [6, 6.07) is 11.5. The first-order valence-electron chi connectivity index (χ1n) is 11.2. The highest BCUT2D eigenvalue weighted by Gasteiger charge is 2.34. The number of nitrogens with one attached hydrogen (secondary N) is 1. The van der Waals surface area contributed by atoms with E-state index < -0.39 is 10.0 Å². The minimum absolute atomic E-state index is 0.0665. The van der Waals surface area contributed by atoms with E-state index in [4.69, 9.17) is 4.74 Å². The Kier molecular flexibility index (Phi) is 7.50. The van der Waals surface area contributed by atoms with Crippen molar-refractivity contribution in [2.45, 2.75) is 35.9 Å². The van der Waals surface area contributed by atoms with Crippen molar-refractivity contribution >= 4 is 27.3 Å². The first-order valence-corrected chi connectivity index (χ1v) is 13.5. The van der Waals surface area contributed by atoms with Crippen LogP contribution in [0.4, 0.5) is 0 Å². The molecule has 2 aliphatic heterocycles. The normalized spacial score (nSPS) is 21.3. The molecule has 0 bridgehead atoms. The number of piperidine rings is 1. The molecule has 174 valence electrons. The lowest BCUT2D eigenvalue weighted by molar-refractivity contribution is -0.126. The lowest BCUT2D eigenvalue weighted by atomic mass is 9.98. The molecule has 9 heteroatoms. The second-order valence-corrected chi connectivity index (χ2v) is 11.5. The Bertz CT molecular complexity index is 1000. The zero-order chi connectivity index (χ0) is 22.6. The van der Waals surface area contributed by atoms with Crippen LogP contribution >= 0.6 is 11.3 Å². The summed E-state index contributed by atoms with van der Waals surface area (Å²) in [5.74, 6) is 0.408. The summed E-state index contributed by atoms with van der Waals surface area (Å²) < 4.78 is 33.0. The largest absolute Gasteiger partial charge is 0.497 e. The quantitative estimate of drug-likeness (QED) is 0.632. The van der Waals surface area contributed by atoms with Crippen LogP contribution in [0, 0.1) is 5.92 Å². The zero-order valence-corrected chi connectivity index (χ0v) is 20.0. The number of benzene rings is 1. The van der Waals surface area contributed by atoms with Gasteiger partial charge in [0.1, 0.15) is 9.96 Å². The lowest BCUT2D eigenvalue weighted by Gasteiger charge is -2.32. The summed E-state index contributed by atoms with van der Waals surface area (Å²) in [5.41, 5.74) is 1.12. The maximum Gasteiger partial charge on any atom is 0.252 e. The smallest absolute Gasteiger partial charge is 0.252 e. The Balaban J connectivity index is 1.42. The Hall–Kier alpha value is -1.94. The van der Waals surface area contributed by atoms with Crippen LogP contribution < -0.4 is 10.1 Å². The number of rotatable bonds is 8. The third-order valence-corrected chi connectivity index (χ3v) is 9.61. The fourth-order valence-corrected chi connectivity index (χ4v) is 7.28. The van der Waals surface area contributed by atoms with Crippen molar-refractivity contribution in [1.82, 2.24) is 14.5 Å². The van der Waals surface area contributed by atoms with E-state index in [1.165, 1.54) is 15.6 Å². The molecule has 0 spiro atoms. The molecule has 2 unspecified atom stereocenters. The van der Waals surface area contributed by atoms with E-state index >= 15 is 0 Å². The number of methoxy groups -OCH3 is 1. The number of nitrogens with zero attached hydrogens (tertiary/aromatic N) is 2. The van der Waals surface area contributed by atoms with Gasteiger partial charge >= 0.3 is 0 Å². The molecular formula is C23H31N3O4S2. The van der Waals surface area contributed by atoms with E-state index in [0.717, 1.165) is 37.2 Å². The highest BCUT2D eigenvalue weighted by atomic mass is 32.2. The molecule has 1 amide bonds. The van der Waals surface area contributed by atoms with Crippen molar-refractivity contribution in [3.05, 3.63) is 47.3 Å². The molecule has 0 saturated carbocycles. The molecule has 2 aromatic rings. The number of ether oxygens (including phenoxy) is 1. The Labute approximate surface area is 194 Å². The monoisotopic (exact) mass is 477 g/mol. The number of thiophene rings is 1. The maximum absolute atomic E-state index is 13.1. The average molecular weight is 478 g/mol. The van der Waals surface area contributed by atoms with Crippen molar-refractivity contribution in [2.24, 2.45) is 5.92 Å². The van der Waals surface area contributed by atoms with Crippen LogP contribution in [-0.4, -0.2) is 63.4 Å². The third kappa shape index (κ3) is 5.17. The summed E-state index contributed by atoms with van der Waals surface area (Å²) in [6.07, 6.45) is 3.71. The number of amides is 1. The van der Waals surface area contributed by atoms with E-state index in [2.05, 4.69) is 16.3 Å². The molecule has 3 heterocycles. The summed E-state index contributed by atoms with van der Waals surface area (Å²) in [5, 5.41) is 4.89. The number of likely N-dealkylation sites (tertiary alicyclic amines) is 1. The van der Waals surface area contributed by atoms with E-state index in [9.17, 15) is 13.2 Å². The van der Waals surface area contributed by atoms with E-state index in [0.29, 0.717) is 30.1 Å². The van der Waals surface area contributed by atoms with Crippen LogP contribution in [0.15, 0.2) is 46.0 Å². The summed E-state index contributed by atoms with van der Waals surface area (Å²) in [6.45, 7) is 3.21. The van der Waals surface area contributed by atoms with Gasteiger partial charge in [-0.3, -0.25) is 9.69 Å². The Morgan fingerprint density at radius 2 is 2.00 bits per heavy atom. The summed E-state index contributed by atoms with van der Waals surface area (Å²) in [4.78, 5) is 15.5. The van der Waals surface area contributed by atoms with Gasteiger partial charge in [0.2, 0.25) is 5.91 Å². The van der Waals surface area contributed by atoms with E-state index in [-0.39, 0.29) is 24.4 Å². The van der Waals surface area contributed by atoms with Gasteiger partial charge in [-0.25, -0.2) is 8.42 Å². The zero-order valence-electron chi connectivity index (χ0n) is 18.4. The molecule has 7 nitrogen and oxygen atoms in total. The van der Waals surface area contributed by atoms with Crippen molar-refractivity contribution in [1.29, 1.82) is 0 Å². The molecule has 0 aliphatic carbocycles. The van der Waals surface area contributed by atoms with Crippen LogP contribution in [0.1, 0.15) is 37.3 Å². The predicted octanol–water partition coefficient (Wildman–Crippen LogP) is 3.11. The molecule has 1 aromatic carbocycles. The van der Waals surface area contributed by atoms with Crippen molar-refractivity contribution in [3.8, 4) is 5.75 Å². The Morgan fingerprint density at radius 1 is 1.19 bits per heavy atom. The molecule has 0 radical (unpaired) electrons. The summed E-state index contributed by atoms with van der Waals surface area (Å²) >= 11 is 1.22. The molecule has 32 heavy (non-hydrogen) atoms. The van der Waals surface area contributed by atoms with Crippen LogP contribution in [-0.2, 0) is 14.8 Å². The minimum Gasteiger partial charge on any atom is -0.497 e. The molecule has 2 aliphatic rings. The topological polar surface area (TPSA) is 79.0 Å². The van der Waals surface area contributed by atoms with Crippen molar-refractivity contribution in [2.75, 3.05) is 39.8 Å². The highest BCUT2D eigenvalue weighted by molar-refractivity contribution is 7.91. The number of sulfonamides is 1. The molecule has 2 saturated heterocycles. The number of carbonyl (C=O) groups is 1.